The molecule has 3 N–H and O–H groups in total. The molecule has 0 aliphatic carbocycles. The summed E-state index contributed by atoms with van der Waals surface area (Å²) in [5.41, 5.74) is -0.397. The van der Waals surface area contributed by atoms with Crippen LogP contribution >= 0.6 is 0 Å². The van der Waals surface area contributed by atoms with Gasteiger partial charge in [0, 0.05) is 36.8 Å². The molecule has 0 saturated heterocycles. The third-order valence-corrected chi connectivity index (χ3v) is 4.44. The summed E-state index contributed by atoms with van der Waals surface area (Å²) in [4.78, 5) is 35.1. The lowest BCUT2D eigenvalue weighted by Gasteiger charge is -2.29. The van der Waals surface area contributed by atoms with E-state index < -0.39 is 0 Å². The van der Waals surface area contributed by atoms with E-state index in [4.69, 9.17) is 4.74 Å². The van der Waals surface area contributed by atoms with E-state index >= 15 is 0 Å². The molecular formula is C22H43N3O4. The van der Waals surface area contributed by atoms with E-state index in [9.17, 15) is 14.4 Å². The third-order valence-electron chi connectivity index (χ3n) is 4.44. The Balaban J connectivity index is 4.07. The number of rotatable bonds is 16. The summed E-state index contributed by atoms with van der Waals surface area (Å²) in [5.74, 6) is -0.209. The maximum Gasteiger partial charge on any atom is 0.239 e. The number of amides is 3. The molecule has 0 rings (SSSR count). The van der Waals surface area contributed by atoms with E-state index in [2.05, 4.69) is 36.7 Å². The van der Waals surface area contributed by atoms with Crippen LogP contribution in [0.5, 0.6) is 0 Å². The summed E-state index contributed by atoms with van der Waals surface area (Å²) >= 11 is 0. The lowest BCUT2D eigenvalue weighted by molar-refractivity contribution is -0.126. The van der Waals surface area contributed by atoms with Crippen molar-refractivity contribution in [3.63, 3.8) is 0 Å². The second-order valence-electron chi connectivity index (χ2n) is 9.36. The second kappa shape index (κ2) is 14.4. The van der Waals surface area contributed by atoms with Gasteiger partial charge in [-0.15, -0.1) is 0 Å². The van der Waals surface area contributed by atoms with Crippen LogP contribution in [0.1, 0.15) is 80.1 Å². The molecule has 0 aliphatic heterocycles. The molecule has 0 fully saturated rings. The van der Waals surface area contributed by atoms with Crippen molar-refractivity contribution in [1.82, 2.24) is 16.0 Å². The number of hydrogen-bond donors (Lipinski definition) is 3. The Hall–Kier alpha value is -1.63. The van der Waals surface area contributed by atoms with Crippen molar-refractivity contribution in [3.05, 3.63) is 0 Å². The van der Waals surface area contributed by atoms with Gasteiger partial charge in [0.2, 0.25) is 17.7 Å². The quantitative estimate of drug-likeness (QED) is 0.339. The Kier molecular flexibility index (Phi) is 13.6. The molecule has 0 aromatic carbocycles. The van der Waals surface area contributed by atoms with Crippen LogP contribution < -0.4 is 16.0 Å². The molecule has 0 aliphatic rings. The molecule has 0 aromatic heterocycles. The summed E-state index contributed by atoms with van der Waals surface area (Å²) in [6, 6.07) is 0. The fraction of sp³-hybridized carbons (Fsp3) is 0.864. The molecule has 7 heteroatoms. The molecule has 3 amide bonds. The van der Waals surface area contributed by atoms with Crippen LogP contribution in [-0.4, -0.2) is 50.6 Å². The average molecular weight is 414 g/mol. The van der Waals surface area contributed by atoms with Crippen molar-refractivity contribution in [2.45, 2.75) is 80.1 Å². The Morgan fingerprint density at radius 1 is 0.690 bits per heavy atom. The SMILES string of the molecule is CCCCCC(=O)NCC(C)(C)COCC(C)(C)CNC(=O)CNC(=O)CCC. The zero-order chi connectivity index (χ0) is 22.3. The maximum atomic E-state index is 11.9. The van der Waals surface area contributed by atoms with Crippen molar-refractivity contribution < 1.29 is 19.1 Å². The molecule has 0 unspecified atom stereocenters. The predicted octanol–water partition coefficient (Wildman–Crippen LogP) is 2.78. The van der Waals surface area contributed by atoms with Gasteiger partial charge in [-0.2, -0.15) is 0 Å². The molecular weight excluding hydrogens is 370 g/mol. The number of carbonyl (C=O) groups excluding carboxylic acids is 3. The third kappa shape index (κ3) is 15.9. The van der Waals surface area contributed by atoms with Crippen molar-refractivity contribution in [2.24, 2.45) is 10.8 Å². The number of nitrogens with one attached hydrogen (secondary N) is 3. The molecule has 0 saturated carbocycles. The minimum atomic E-state index is -0.234. The highest BCUT2D eigenvalue weighted by Gasteiger charge is 2.23. The Labute approximate surface area is 177 Å². The van der Waals surface area contributed by atoms with Crippen LogP contribution in [0.2, 0.25) is 0 Å². The lowest BCUT2D eigenvalue weighted by atomic mass is 9.93. The maximum absolute atomic E-state index is 11.9. The van der Waals surface area contributed by atoms with Crippen molar-refractivity contribution in [1.29, 1.82) is 0 Å². The summed E-state index contributed by atoms with van der Waals surface area (Å²) in [5, 5.41) is 8.44. The predicted molar refractivity (Wildman–Crippen MR) is 116 cm³/mol. The van der Waals surface area contributed by atoms with Crippen LogP contribution in [-0.2, 0) is 19.1 Å². The van der Waals surface area contributed by atoms with Gasteiger partial charge in [0.1, 0.15) is 0 Å². The van der Waals surface area contributed by atoms with Gasteiger partial charge >= 0.3 is 0 Å². The highest BCUT2D eigenvalue weighted by Crippen LogP contribution is 2.19. The molecule has 0 heterocycles. The van der Waals surface area contributed by atoms with Gasteiger partial charge in [-0.05, 0) is 12.8 Å². The Morgan fingerprint density at radius 2 is 1.21 bits per heavy atom. The van der Waals surface area contributed by atoms with Gasteiger partial charge in [-0.25, -0.2) is 0 Å². The van der Waals surface area contributed by atoms with Crippen molar-refractivity contribution in [3.8, 4) is 0 Å². The Morgan fingerprint density at radius 3 is 1.72 bits per heavy atom. The summed E-state index contributed by atoms with van der Waals surface area (Å²) in [6.07, 6.45) is 4.89. The van der Waals surface area contributed by atoms with E-state index in [1.807, 2.05) is 20.8 Å². The summed E-state index contributed by atoms with van der Waals surface area (Å²) in [6.45, 7) is 14.3. The first kappa shape index (κ1) is 27.4. The summed E-state index contributed by atoms with van der Waals surface area (Å²) < 4.78 is 5.88. The van der Waals surface area contributed by atoms with E-state index in [1.165, 1.54) is 0 Å². The smallest absolute Gasteiger partial charge is 0.239 e. The van der Waals surface area contributed by atoms with Crippen LogP contribution in [0.15, 0.2) is 0 Å². The van der Waals surface area contributed by atoms with Gasteiger partial charge in [0.25, 0.3) is 0 Å². The first-order valence-electron chi connectivity index (χ1n) is 10.9. The molecule has 7 nitrogen and oxygen atoms in total. The van der Waals surface area contributed by atoms with Crippen LogP contribution in [0.25, 0.3) is 0 Å². The fourth-order valence-electron chi connectivity index (χ4n) is 2.56. The van der Waals surface area contributed by atoms with Gasteiger partial charge in [-0.1, -0.05) is 54.4 Å². The topological polar surface area (TPSA) is 96.5 Å². The van der Waals surface area contributed by atoms with Crippen LogP contribution in [0.4, 0.5) is 0 Å². The van der Waals surface area contributed by atoms with E-state index in [1.54, 1.807) is 0 Å². The minimum Gasteiger partial charge on any atom is -0.380 e. The van der Waals surface area contributed by atoms with Crippen molar-refractivity contribution >= 4 is 17.7 Å². The minimum absolute atomic E-state index is 0.000750. The fourth-order valence-corrected chi connectivity index (χ4v) is 2.56. The molecule has 0 aromatic rings. The number of ether oxygens (including phenoxy) is 1. The largest absolute Gasteiger partial charge is 0.380 e. The standard InChI is InChI=1S/C22H43N3O4/c1-7-9-10-12-19(27)24-14-21(3,4)16-29-17-22(5,6)15-25-20(28)13-23-18(26)11-8-2/h7-17H2,1-6H3,(H,23,26)(H,24,27)(H,25,28). The second-order valence-corrected chi connectivity index (χ2v) is 9.36. The first-order chi connectivity index (χ1) is 13.5. The molecule has 170 valence electrons. The molecule has 29 heavy (non-hydrogen) atoms. The van der Waals surface area contributed by atoms with Gasteiger partial charge in [0.05, 0.1) is 19.8 Å². The first-order valence-corrected chi connectivity index (χ1v) is 10.9. The monoisotopic (exact) mass is 413 g/mol. The Bertz CT molecular complexity index is 504. The number of hydrogen-bond acceptors (Lipinski definition) is 4. The number of unbranched alkanes of at least 4 members (excludes halogenated alkanes) is 2. The molecule has 0 radical (unpaired) electrons. The normalized spacial score (nSPS) is 11.8. The van der Waals surface area contributed by atoms with Crippen molar-refractivity contribution in [2.75, 3.05) is 32.8 Å². The highest BCUT2D eigenvalue weighted by atomic mass is 16.5. The average Bonchev–Trinajstić information content (AvgIpc) is 2.63. The molecule has 0 atom stereocenters. The van der Waals surface area contributed by atoms with E-state index in [0.29, 0.717) is 39.1 Å². The van der Waals surface area contributed by atoms with Crippen LogP contribution in [0.3, 0.4) is 0 Å². The van der Waals surface area contributed by atoms with E-state index in [-0.39, 0.29) is 35.1 Å². The van der Waals surface area contributed by atoms with Gasteiger partial charge < -0.3 is 20.7 Å². The lowest BCUT2D eigenvalue weighted by Crippen LogP contribution is -2.42. The summed E-state index contributed by atoms with van der Waals surface area (Å²) in [7, 11) is 0. The molecule has 0 spiro atoms. The zero-order valence-electron chi connectivity index (χ0n) is 19.4. The van der Waals surface area contributed by atoms with E-state index in [0.717, 1.165) is 25.7 Å². The van der Waals surface area contributed by atoms with Gasteiger partial charge in [0.15, 0.2) is 0 Å². The van der Waals surface area contributed by atoms with Crippen LogP contribution in [0, 0.1) is 10.8 Å². The molecule has 0 bridgehead atoms. The highest BCUT2D eigenvalue weighted by molar-refractivity contribution is 5.84. The number of carbonyl (C=O) groups is 3. The zero-order valence-corrected chi connectivity index (χ0v) is 19.4. The van der Waals surface area contributed by atoms with Gasteiger partial charge in [-0.3, -0.25) is 14.4 Å².